The molecule has 180 valence electrons. The third kappa shape index (κ3) is 5.44. The van der Waals surface area contributed by atoms with Crippen LogP contribution in [0, 0.1) is 0 Å². The van der Waals surface area contributed by atoms with E-state index in [2.05, 4.69) is 34.5 Å². The fraction of sp³-hybridized carbons (Fsp3) is 0.500. The SMILES string of the molecule is O=C1CN(C(=O)c2ccc3c(c2)Cc2cccc(c2)CN(C2CCC2)CCCCCO3)CCN1. The summed E-state index contributed by atoms with van der Waals surface area (Å²) in [6.07, 6.45) is 8.11. The first-order chi connectivity index (χ1) is 16.7. The molecule has 2 aliphatic heterocycles. The number of benzene rings is 2. The van der Waals surface area contributed by atoms with Crippen molar-refractivity contribution < 1.29 is 14.3 Å². The number of nitrogens with zero attached hydrogens (tertiary/aromatic N) is 2. The summed E-state index contributed by atoms with van der Waals surface area (Å²) >= 11 is 0. The number of nitrogens with one attached hydrogen (secondary N) is 1. The van der Waals surface area contributed by atoms with Gasteiger partial charge in [-0.05, 0) is 73.5 Å². The summed E-state index contributed by atoms with van der Waals surface area (Å²) in [4.78, 5) is 29.2. The molecule has 5 rings (SSSR count). The quantitative estimate of drug-likeness (QED) is 0.740. The lowest BCUT2D eigenvalue weighted by Crippen LogP contribution is -2.49. The summed E-state index contributed by atoms with van der Waals surface area (Å²) < 4.78 is 6.21. The lowest BCUT2D eigenvalue weighted by atomic mass is 9.90. The number of amides is 2. The minimum atomic E-state index is -0.103. The zero-order chi connectivity index (χ0) is 23.3. The van der Waals surface area contributed by atoms with Gasteiger partial charge in [0.15, 0.2) is 0 Å². The summed E-state index contributed by atoms with van der Waals surface area (Å²) in [5.41, 5.74) is 4.23. The molecule has 6 heteroatoms. The molecular weight excluding hydrogens is 426 g/mol. The van der Waals surface area contributed by atoms with Crippen LogP contribution in [0.2, 0.25) is 0 Å². The molecule has 0 radical (unpaired) electrons. The number of rotatable bonds is 2. The van der Waals surface area contributed by atoms with Crippen LogP contribution in [0.5, 0.6) is 5.75 Å². The molecule has 2 aromatic carbocycles. The predicted octanol–water partition coefficient (Wildman–Crippen LogP) is 3.77. The number of ether oxygens (including phenoxy) is 1. The van der Waals surface area contributed by atoms with Crippen molar-refractivity contribution in [3.8, 4) is 5.75 Å². The molecule has 1 saturated heterocycles. The predicted molar refractivity (Wildman–Crippen MR) is 132 cm³/mol. The van der Waals surface area contributed by atoms with Gasteiger partial charge in [0.1, 0.15) is 5.75 Å². The van der Waals surface area contributed by atoms with E-state index in [9.17, 15) is 9.59 Å². The van der Waals surface area contributed by atoms with E-state index >= 15 is 0 Å². The van der Waals surface area contributed by atoms with Crippen LogP contribution in [0.3, 0.4) is 0 Å². The van der Waals surface area contributed by atoms with Crippen molar-refractivity contribution in [2.24, 2.45) is 0 Å². The number of carbonyl (C=O) groups is 2. The normalized spacial score (nSPS) is 20.4. The van der Waals surface area contributed by atoms with E-state index in [0.717, 1.165) is 43.3 Å². The van der Waals surface area contributed by atoms with Crippen LogP contribution < -0.4 is 10.1 Å². The molecule has 0 unspecified atom stereocenters. The van der Waals surface area contributed by atoms with Gasteiger partial charge in [-0.2, -0.15) is 0 Å². The zero-order valence-corrected chi connectivity index (χ0v) is 19.9. The summed E-state index contributed by atoms with van der Waals surface area (Å²) in [5, 5.41) is 2.78. The Bertz CT molecular complexity index is 1030. The number of piperazine rings is 1. The van der Waals surface area contributed by atoms with E-state index in [1.54, 1.807) is 4.90 Å². The third-order valence-electron chi connectivity index (χ3n) is 7.34. The van der Waals surface area contributed by atoms with Crippen LogP contribution in [0.15, 0.2) is 42.5 Å². The number of hydrogen-bond donors (Lipinski definition) is 1. The van der Waals surface area contributed by atoms with Crippen molar-refractivity contribution in [1.29, 1.82) is 0 Å². The van der Waals surface area contributed by atoms with Crippen LogP contribution in [0.1, 0.15) is 65.6 Å². The van der Waals surface area contributed by atoms with E-state index in [4.69, 9.17) is 4.74 Å². The van der Waals surface area contributed by atoms with Gasteiger partial charge >= 0.3 is 0 Å². The average Bonchev–Trinajstić information content (AvgIpc) is 2.80. The molecule has 6 nitrogen and oxygen atoms in total. The molecule has 3 aliphatic rings. The Kier molecular flexibility index (Phi) is 7.14. The smallest absolute Gasteiger partial charge is 0.254 e. The van der Waals surface area contributed by atoms with Crippen molar-refractivity contribution in [3.63, 3.8) is 0 Å². The first-order valence-electron chi connectivity index (χ1n) is 12.8. The number of hydrogen-bond acceptors (Lipinski definition) is 4. The van der Waals surface area contributed by atoms with E-state index in [1.165, 1.54) is 36.8 Å². The molecule has 0 aromatic heterocycles. The summed E-state index contributed by atoms with van der Waals surface area (Å²) in [6.45, 7) is 4.02. The van der Waals surface area contributed by atoms with E-state index in [-0.39, 0.29) is 18.4 Å². The molecule has 34 heavy (non-hydrogen) atoms. The summed E-state index contributed by atoms with van der Waals surface area (Å²) in [5.74, 6) is 0.655. The van der Waals surface area contributed by atoms with Crippen LogP contribution in [-0.2, 0) is 17.8 Å². The van der Waals surface area contributed by atoms with Gasteiger partial charge < -0.3 is 15.0 Å². The minimum Gasteiger partial charge on any atom is -0.493 e. The maximum atomic E-state index is 13.1. The zero-order valence-electron chi connectivity index (χ0n) is 19.9. The van der Waals surface area contributed by atoms with Crippen LogP contribution in [0.25, 0.3) is 0 Å². The van der Waals surface area contributed by atoms with Crippen molar-refractivity contribution >= 4 is 11.8 Å². The third-order valence-corrected chi connectivity index (χ3v) is 7.34. The first-order valence-corrected chi connectivity index (χ1v) is 12.8. The Morgan fingerprint density at radius 1 is 0.941 bits per heavy atom. The molecule has 1 saturated carbocycles. The van der Waals surface area contributed by atoms with E-state index in [0.29, 0.717) is 31.7 Å². The van der Waals surface area contributed by atoms with Crippen LogP contribution in [-0.4, -0.2) is 60.4 Å². The molecule has 0 spiro atoms. The van der Waals surface area contributed by atoms with Gasteiger partial charge in [-0.15, -0.1) is 0 Å². The van der Waals surface area contributed by atoms with Crippen molar-refractivity contribution in [3.05, 3.63) is 64.7 Å². The van der Waals surface area contributed by atoms with Gasteiger partial charge in [0.2, 0.25) is 5.91 Å². The van der Waals surface area contributed by atoms with E-state index < -0.39 is 0 Å². The Hall–Kier alpha value is -2.86. The topological polar surface area (TPSA) is 61.9 Å². The second kappa shape index (κ2) is 10.6. The second-order valence-electron chi connectivity index (χ2n) is 9.86. The highest BCUT2D eigenvalue weighted by molar-refractivity contribution is 5.97. The van der Waals surface area contributed by atoms with Gasteiger partial charge in [-0.1, -0.05) is 30.7 Å². The maximum Gasteiger partial charge on any atom is 0.254 e. The van der Waals surface area contributed by atoms with Gasteiger partial charge in [-0.25, -0.2) is 0 Å². The molecule has 1 aliphatic carbocycles. The molecular formula is C28H35N3O3. The maximum absolute atomic E-state index is 13.1. The van der Waals surface area contributed by atoms with Crippen molar-refractivity contribution in [2.45, 2.75) is 57.5 Å². The second-order valence-corrected chi connectivity index (χ2v) is 9.86. The highest BCUT2D eigenvalue weighted by atomic mass is 16.5. The molecule has 2 bridgehead atoms. The number of carbonyl (C=O) groups excluding carboxylic acids is 2. The largest absolute Gasteiger partial charge is 0.493 e. The Labute approximate surface area is 202 Å². The molecule has 2 heterocycles. The molecule has 1 N–H and O–H groups in total. The van der Waals surface area contributed by atoms with Gasteiger partial charge in [0.25, 0.3) is 5.91 Å². The molecule has 2 fully saturated rings. The Morgan fingerprint density at radius 2 is 1.82 bits per heavy atom. The van der Waals surface area contributed by atoms with Crippen LogP contribution in [0.4, 0.5) is 0 Å². The lowest BCUT2D eigenvalue weighted by Gasteiger charge is -2.38. The average molecular weight is 462 g/mol. The molecule has 0 atom stereocenters. The lowest BCUT2D eigenvalue weighted by molar-refractivity contribution is -0.123. The summed E-state index contributed by atoms with van der Waals surface area (Å²) in [6, 6.07) is 15.3. The van der Waals surface area contributed by atoms with Gasteiger partial charge in [-0.3, -0.25) is 14.5 Å². The van der Waals surface area contributed by atoms with Crippen molar-refractivity contribution in [1.82, 2.24) is 15.1 Å². The highest BCUT2D eigenvalue weighted by Crippen LogP contribution is 2.29. The Balaban J connectivity index is 1.40. The van der Waals surface area contributed by atoms with Crippen molar-refractivity contribution in [2.75, 3.05) is 32.8 Å². The molecule has 2 amide bonds. The highest BCUT2D eigenvalue weighted by Gasteiger charge is 2.25. The monoisotopic (exact) mass is 461 g/mol. The van der Waals surface area contributed by atoms with E-state index in [1.807, 2.05) is 18.2 Å². The Morgan fingerprint density at radius 3 is 2.65 bits per heavy atom. The van der Waals surface area contributed by atoms with Crippen LogP contribution >= 0.6 is 0 Å². The minimum absolute atomic E-state index is 0.0954. The fourth-order valence-electron chi connectivity index (χ4n) is 5.20. The van der Waals surface area contributed by atoms with Gasteiger partial charge in [0.05, 0.1) is 13.2 Å². The fourth-order valence-corrected chi connectivity index (χ4v) is 5.20. The summed E-state index contributed by atoms with van der Waals surface area (Å²) in [7, 11) is 0. The number of fused-ring (bicyclic) bond motifs is 3. The van der Waals surface area contributed by atoms with Gasteiger partial charge in [0, 0.05) is 37.7 Å². The standard InChI is InChI=1S/C28H35N3O3/c32-27-20-31(14-12-29-27)28(33)23-10-11-26-24(18-23)17-21-6-4-7-22(16-21)19-30(25-8-5-9-25)13-2-1-3-15-34-26/h4,6-7,10-11,16,18,25H,1-3,5,8-9,12-15,17,19-20H2,(H,29,32). The first kappa shape index (κ1) is 22.9. The molecule has 2 aromatic rings.